The molecule has 1 aliphatic heterocycles. The lowest BCUT2D eigenvalue weighted by Crippen LogP contribution is -2.37. The molecule has 1 heterocycles. The van der Waals surface area contributed by atoms with Crippen LogP contribution in [-0.2, 0) is 11.3 Å². The molecule has 22 heavy (non-hydrogen) atoms. The second-order valence-corrected chi connectivity index (χ2v) is 6.68. The van der Waals surface area contributed by atoms with Crippen molar-refractivity contribution in [3.05, 3.63) is 58.0 Å². The molecule has 1 N–H and O–H groups in total. The molecule has 1 aliphatic rings. The Hall–Kier alpha value is -1.46. The van der Waals surface area contributed by atoms with Crippen molar-refractivity contribution in [2.75, 3.05) is 5.75 Å². The molecule has 3 nitrogen and oxygen atoms in total. The minimum atomic E-state index is -0.951. The van der Waals surface area contributed by atoms with Crippen molar-refractivity contribution in [2.24, 2.45) is 0 Å². The van der Waals surface area contributed by atoms with Gasteiger partial charge in [-0.2, -0.15) is 0 Å². The van der Waals surface area contributed by atoms with Gasteiger partial charge in [-0.3, -0.25) is 0 Å². The molecule has 1 unspecified atom stereocenters. The maximum absolute atomic E-state index is 13.4. The SMILES string of the molecule is CCSC1C(C(=O)O)=C(C)C=C(Cl)N1Cc1cccc(F)c1. The van der Waals surface area contributed by atoms with Gasteiger partial charge >= 0.3 is 5.97 Å². The van der Waals surface area contributed by atoms with E-state index in [9.17, 15) is 14.3 Å². The molecule has 0 saturated carbocycles. The van der Waals surface area contributed by atoms with Crippen molar-refractivity contribution in [3.63, 3.8) is 0 Å². The van der Waals surface area contributed by atoms with Gasteiger partial charge in [0.15, 0.2) is 0 Å². The number of hydrogen-bond donors (Lipinski definition) is 1. The van der Waals surface area contributed by atoms with Crippen LogP contribution in [0.4, 0.5) is 4.39 Å². The van der Waals surface area contributed by atoms with E-state index in [4.69, 9.17) is 11.6 Å². The maximum atomic E-state index is 13.4. The highest BCUT2D eigenvalue weighted by Gasteiger charge is 2.32. The molecule has 6 heteroatoms. The second-order valence-electron chi connectivity index (χ2n) is 4.93. The molecule has 0 spiro atoms. The number of halogens is 2. The van der Waals surface area contributed by atoms with Gasteiger partial charge < -0.3 is 10.0 Å². The van der Waals surface area contributed by atoms with Crippen LogP contribution < -0.4 is 0 Å². The van der Waals surface area contributed by atoms with Gasteiger partial charge in [-0.25, -0.2) is 9.18 Å². The van der Waals surface area contributed by atoms with E-state index in [1.165, 1.54) is 23.9 Å². The highest BCUT2D eigenvalue weighted by molar-refractivity contribution is 8.00. The zero-order chi connectivity index (χ0) is 16.3. The van der Waals surface area contributed by atoms with Crippen molar-refractivity contribution in [3.8, 4) is 0 Å². The Morgan fingerprint density at radius 1 is 1.50 bits per heavy atom. The second kappa shape index (κ2) is 7.20. The van der Waals surface area contributed by atoms with E-state index in [1.54, 1.807) is 30.0 Å². The Labute approximate surface area is 138 Å². The monoisotopic (exact) mass is 341 g/mol. The smallest absolute Gasteiger partial charge is 0.334 e. The van der Waals surface area contributed by atoms with Crippen LogP contribution >= 0.6 is 23.4 Å². The number of aliphatic carboxylic acids is 1. The molecular weight excluding hydrogens is 325 g/mol. The summed E-state index contributed by atoms with van der Waals surface area (Å²) in [6.07, 6.45) is 1.65. The first-order valence-electron chi connectivity index (χ1n) is 6.88. The van der Waals surface area contributed by atoms with Crippen molar-refractivity contribution in [1.29, 1.82) is 0 Å². The van der Waals surface area contributed by atoms with Gasteiger partial charge in [0, 0.05) is 6.54 Å². The van der Waals surface area contributed by atoms with Gasteiger partial charge in [-0.05, 0) is 42.0 Å². The molecule has 0 fully saturated rings. The summed E-state index contributed by atoms with van der Waals surface area (Å²) in [4.78, 5) is 13.4. The largest absolute Gasteiger partial charge is 0.478 e. The van der Waals surface area contributed by atoms with Crippen LogP contribution in [0.15, 0.2) is 46.6 Å². The Morgan fingerprint density at radius 3 is 2.82 bits per heavy atom. The van der Waals surface area contributed by atoms with Crippen molar-refractivity contribution < 1.29 is 14.3 Å². The number of benzene rings is 1. The Morgan fingerprint density at radius 2 is 2.23 bits per heavy atom. The molecule has 1 aromatic rings. The quantitative estimate of drug-likeness (QED) is 0.815. The maximum Gasteiger partial charge on any atom is 0.334 e. The summed E-state index contributed by atoms with van der Waals surface area (Å²) < 4.78 is 13.4. The highest BCUT2D eigenvalue weighted by atomic mass is 35.5. The van der Waals surface area contributed by atoms with E-state index >= 15 is 0 Å². The van der Waals surface area contributed by atoms with Crippen LogP contribution in [0.1, 0.15) is 19.4 Å². The fourth-order valence-corrected chi connectivity index (χ4v) is 3.91. The third-order valence-electron chi connectivity index (χ3n) is 3.36. The van der Waals surface area contributed by atoms with E-state index in [0.29, 0.717) is 22.8 Å². The standard InChI is InChI=1S/C16H17ClFNO2S/c1-3-22-15-14(16(20)21)10(2)7-13(17)19(15)9-11-5-4-6-12(18)8-11/h4-8,15H,3,9H2,1-2H3,(H,20,21). The lowest BCUT2D eigenvalue weighted by molar-refractivity contribution is -0.133. The molecule has 0 amide bonds. The lowest BCUT2D eigenvalue weighted by atomic mass is 10.1. The molecule has 0 radical (unpaired) electrons. The number of rotatable bonds is 5. The molecule has 2 rings (SSSR count). The van der Waals surface area contributed by atoms with Gasteiger partial charge in [-0.15, -0.1) is 11.8 Å². The molecule has 0 aromatic heterocycles. The first kappa shape index (κ1) is 16.9. The zero-order valence-corrected chi connectivity index (χ0v) is 13.9. The minimum Gasteiger partial charge on any atom is -0.478 e. The van der Waals surface area contributed by atoms with Gasteiger partial charge in [0.2, 0.25) is 0 Å². The first-order valence-corrected chi connectivity index (χ1v) is 8.30. The Bertz CT molecular complexity index is 645. The molecule has 0 saturated heterocycles. The van der Waals surface area contributed by atoms with Gasteiger partial charge in [0.25, 0.3) is 0 Å². The van der Waals surface area contributed by atoms with Crippen LogP contribution in [0.2, 0.25) is 0 Å². The zero-order valence-electron chi connectivity index (χ0n) is 12.3. The predicted molar refractivity (Wildman–Crippen MR) is 88.1 cm³/mol. The summed E-state index contributed by atoms with van der Waals surface area (Å²) >= 11 is 7.82. The number of hydrogen-bond acceptors (Lipinski definition) is 3. The predicted octanol–water partition coefficient (Wildman–Crippen LogP) is 4.20. The highest BCUT2D eigenvalue weighted by Crippen LogP contribution is 2.36. The molecule has 1 atom stereocenters. The van der Waals surface area contributed by atoms with Gasteiger partial charge in [0.1, 0.15) is 16.3 Å². The van der Waals surface area contributed by atoms with Crippen LogP contribution in [0.25, 0.3) is 0 Å². The number of carboxylic acid groups (broad SMARTS) is 1. The fraction of sp³-hybridized carbons (Fsp3) is 0.312. The molecular formula is C16H17ClFNO2S. The number of nitrogens with zero attached hydrogens (tertiary/aromatic N) is 1. The lowest BCUT2D eigenvalue weighted by Gasteiger charge is -2.36. The molecule has 1 aromatic carbocycles. The summed E-state index contributed by atoms with van der Waals surface area (Å²) in [5, 5.41) is 9.57. The average molecular weight is 342 g/mol. The number of carbonyl (C=O) groups is 1. The Balaban J connectivity index is 2.36. The number of allylic oxidation sites excluding steroid dienone is 2. The number of thioether (sulfide) groups is 1. The third kappa shape index (κ3) is 3.65. The van der Waals surface area contributed by atoms with Crippen LogP contribution in [0.3, 0.4) is 0 Å². The minimum absolute atomic E-state index is 0.320. The van der Waals surface area contributed by atoms with Crippen molar-refractivity contribution in [2.45, 2.75) is 25.8 Å². The fourth-order valence-electron chi connectivity index (χ4n) is 2.40. The summed E-state index contributed by atoms with van der Waals surface area (Å²) in [6, 6.07) is 6.24. The third-order valence-corrected chi connectivity index (χ3v) is 4.83. The molecule has 0 bridgehead atoms. The normalized spacial score (nSPS) is 18.5. The van der Waals surface area contributed by atoms with Gasteiger partial charge in [0.05, 0.1) is 5.57 Å². The summed E-state index contributed by atoms with van der Waals surface area (Å²) in [7, 11) is 0. The average Bonchev–Trinajstić information content (AvgIpc) is 2.42. The van der Waals surface area contributed by atoms with Crippen molar-refractivity contribution in [1.82, 2.24) is 4.90 Å². The van der Waals surface area contributed by atoms with Crippen LogP contribution in [0.5, 0.6) is 0 Å². The topological polar surface area (TPSA) is 40.5 Å². The number of carboxylic acids is 1. The van der Waals surface area contributed by atoms with Crippen LogP contribution in [-0.4, -0.2) is 27.1 Å². The van der Waals surface area contributed by atoms with E-state index in [1.807, 2.05) is 6.92 Å². The van der Waals surface area contributed by atoms with E-state index in [2.05, 4.69) is 0 Å². The van der Waals surface area contributed by atoms with Crippen LogP contribution in [0, 0.1) is 5.82 Å². The molecule has 0 aliphatic carbocycles. The van der Waals surface area contributed by atoms with Crippen molar-refractivity contribution >= 4 is 29.3 Å². The van der Waals surface area contributed by atoms with Gasteiger partial charge in [-0.1, -0.05) is 30.7 Å². The van der Waals surface area contributed by atoms with E-state index in [-0.39, 0.29) is 11.2 Å². The van der Waals surface area contributed by atoms with E-state index < -0.39 is 5.97 Å². The molecule has 118 valence electrons. The first-order chi connectivity index (χ1) is 10.4. The van der Waals surface area contributed by atoms with E-state index in [0.717, 1.165) is 11.3 Å². The summed E-state index contributed by atoms with van der Waals surface area (Å²) in [5.74, 6) is -0.522. The Kier molecular flexibility index (Phi) is 5.53. The summed E-state index contributed by atoms with van der Waals surface area (Å²) in [6.45, 7) is 4.06. The summed E-state index contributed by atoms with van der Waals surface area (Å²) in [5.41, 5.74) is 1.73.